The third kappa shape index (κ3) is 6.03. The molecule has 3 amide bonds. The summed E-state index contributed by atoms with van der Waals surface area (Å²) >= 11 is 0. The van der Waals surface area contributed by atoms with Gasteiger partial charge in [-0.1, -0.05) is 39.8 Å². The van der Waals surface area contributed by atoms with Gasteiger partial charge in [-0.25, -0.2) is 0 Å². The number of hydrogen-bond donors (Lipinski definition) is 2. The van der Waals surface area contributed by atoms with E-state index in [1.54, 1.807) is 49.9 Å². The molecular weight excluding hydrogens is 370 g/mol. The number of nitrogens with one attached hydrogen (secondary N) is 2. The molecule has 0 spiro atoms. The van der Waals surface area contributed by atoms with Crippen LogP contribution in [0.3, 0.4) is 0 Å². The van der Waals surface area contributed by atoms with Gasteiger partial charge in [0.05, 0.1) is 23.5 Å². The molecule has 0 aromatic heterocycles. The lowest BCUT2D eigenvalue weighted by Gasteiger charge is -2.37. The lowest BCUT2D eigenvalue weighted by molar-refractivity contribution is -0.145. The van der Waals surface area contributed by atoms with Gasteiger partial charge >= 0.3 is 0 Å². The highest BCUT2D eigenvalue weighted by molar-refractivity contribution is 6.05. The van der Waals surface area contributed by atoms with Crippen molar-refractivity contribution < 1.29 is 19.1 Å². The highest BCUT2D eigenvalue weighted by Crippen LogP contribution is 2.21. The fourth-order valence-corrected chi connectivity index (χ4v) is 3.25. The molecule has 0 unspecified atom stereocenters. The van der Waals surface area contributed by atoms with Crippen molar-refractivity contribution in [1.82, 2.24) is 10.2 Å². The number of anilines is 1. The van der Waals surface area contributed by atoms with Gasteiger partial charge in [-0.15, -0.1) is 0 Å². The first-order valence-electron chi connectivity index (χ1n) is 10.2. The Hall–Kier alpha value is -2.41. The van der Waals surface area contributed by atoms with Crippen molar-refractivity contribution in [1.29, 1.82) is 0 Å². The molecule has 1 aliphatic heterocycles. The molecule has 3 atom stereocenters. The fourth-order valence-electron chi connectivity index (χ4n) is 3.25. The van der Waals surface area contributed by atoms with E-state index in [-0.39, 0.29) is 29.9 Å². The predicted octanol–water partition coefficient (Wildman–Crippen LogP) is 2.82. The van der Waals surface area contributed by atoms with Gasteiger partial charge in [0.2, 0.25) is 11.8 Å². The quantitative estimate of drug-likeness (QED) is 0.791. The highest BCUT2D eigenvalue weighted by atomic mass is 16.5. The highest BCUT2D eigenvalue weighted by Gasteiger charge is 2.31. The molecule has 1 aromatic rings. The molecule has 160 valence electrons. The van der Waals surface area contributed by atoms with Crippen LogP contribution in [0.15, 0.2) is 24.3 Å². The van der Waals surface area contributed by atoms with E-state index in [1.165, 1.54) is 0 Å². The third-order valence-electron chi connectivity index (χ3n) is 4.84. The Morgan fingerprint density at radius 3 is 2.28 bits per heavy atom. The molecule has 2 N–H and O–H groups in total. The molecule has 0 saturated carbocycles. The van der Waals surface area contributed by atoms with E-state index in [4.69, 9.17) is 4.74 Å². The number of carbonyl (C=O) groups is 3. The second-order valence-corrected chi connectivity index (χ2v) is 8.68. The van der Waals surface area contributed by atoms with Crippen LogP contribution in [0.5, 0.6) is 0 Å². The van der Waals surface area contributed by atoms with Crippen molar-refractivity contribution >= 4 is 23.4 Å². The molecule has 0 bridgehead atoms. The van der Waals surface area contributed by atoms with Crippen LogP contribution in [0.1, 0.15) is 58.3 Å². The number of morpholine rings is 1. The van der Waals surface area contributed by atoms with Crippen molar-refractivity contribution in [3.05, 3.63) is 29.8 Å². The Balaban J connectivity index is 2.14. The first kappa shape index (κ1) is 22.9. The van der Waals surface area contributed by atoms with Gasteiger partial charge in [0.15, 0.2) is 0 Å². The Labute approximate surface area is 173 Å². The Morgan fingerprint density at radius 1 is 1.14 bits per heavy atom. The Bertz CT molecular complexity index is 747. The van der Waals surface area contributed by atoms with Gasteiger partial charge in [-0.2, -0.15) is 0 Å². The summed E-state index contributed by atoms with van der Waals surface area (Å²) in [4.78, 5) is 40.0. The van der Waals surface area contributed by atoms with Gasteiger partial charge in [0.25, 0.3) is 5.91 Å². The molecule has 2 rings (SSSR count). The SMILES string of the molecule is CC[C@H](NC(=O)c1ccccc1NC(=O)C(C)(C)C)C(=O)N1C[C@@H](C)O[C@@H](C)C1. The maximum absolute atomic E-state index is 13.0. The maximum atomic E-state index is 13.0. The van der Waals surface area contributed by atoms with E-state index in [9.17, 15) is 14.4 Å². The number of ether oxygens (including phenoxy) is 1. The minimum absolute atomic E-state index is 0.0377. The number of nitrogens with zero attached hydrogens (tertiary/aromatic N) is 1. The lowest BCUT2D eigenvalue weighted by Crippen LogP contribution is -2.55. The number of para-hydroxylation sites is 1. The molecule has 1 aliphatic rings. The fraction of sp³-hybridized carbons (Fsp3) is 0.591. The normalized spacial score (nSPS) is 20.7. The largest absolute Gasteiger partial charge is 0.372 e. The average Bonchev–Trinajstić information content (AvgIpc) is 2.64. The molecular formula is C22H33N3O4. The van der Waals surface area contributed by atoms with Crippen LogP contribution in [-0.4, -0.2) is 54.0 Å². The Kier molecular flexibility index (Phi) is 7.41. The summed E-state index contributed by atoms with van der Waals surface area (Å²) in [7, 11) is 0. The zero-order chi connectivity index (χ0) is 21.8. The first-order chi connectivity index (χ1) is 13.5. The summed E-state index contributed by atoms with van der Waals surface area (Å²) in [5.74, 6) is -0.680. The monoisotopic (exact) mass is 403 g/mol. The van der Waals surface area contributed by atoms with Crippen LogP contribution in [0.25, 0.3) is 0 Å². The topological polar surface area (TPSA) is 87.7 Å². The van der Waals surface area contributed by atoms with Crippen LogP contribution in [0, 0.1) is 5.41 Å². The van der Waals surface area contributed by atoms with Crippen molar-refractivity contribution in [2.24, 2.45) is 5.41 Å². The second-order valence-electron chi connectivity index (χ2n) is 8.68. The van der Waals surface area contributed by atoms with Gasteiger partial charge in [0, 0.05) is 18.5 Å². The Morgan fingerprint density at radius 2 is 1.72 bits per heavy atom. The van der Waals surface area contributed by atoms with Crippen LogP contribution >= 0.6 is 0 Å². The van der Waals surface area contributed by atoms with E-state index in [1.807, 2.05) is 20.8 Å². The van der Waals surface area contributed by atoms with E-state index >= 15 is 0 Å². The van der Waals surface area contributed by atoms with Gasteiger partial charge in [0.1, 0.15) is 6.04 Å². The zero-order valence-corrected chi connectivity index (χ0v) is 18.2. The van der Waals surface area contributed by atoms with Crippen LogP contribution in [0.4, 0.5) is 5.69 Å². The number of carbonyl (C=O) groups excluding carboxylic acids is 3. The van der Waals surface area contributed by atoms with Gasteiger partial charge in [-0.05, 0) is 32.4 Å². The summed E-state index contributed by atoms with van der Waals surface area (Å²) in [5, 5.41) is 5.66. The number of hydrogen-bond acceptors (Lipinski definition) is 4. The number of benzene rings is 1. The number of rotatable bonds is 5. The van der Waals surface area contributed by atoms with Crippen LogP contribution in [-0.2, 0) is 14.3 Å². The molecule has 7 heteroatoms. The standard InChI is InChI=1S/C22H33N3O4/c1-7-17(20(27)25-12-14(2)29-15(3)13-25)23-19(26)16-10-8-9-11-18(16)24-21(28)22(4,5)6/h8-11,14-15,17H,7,12-13H2,1-6H3,(H,23,26)(H,24,28)/t14-,15+,17-/m0/s1. The maximum Gasteiger partial charge on any atom is 0.254 e. The minimum atomic E-state index is -0.633. The van der Waals surface area contributed by atoms with Crippen molar-refractivity contribution in [2.45, 2.75) is 66.2 Å². The van der Waals surface area contributed by atoms with E-state index in [2.05, 4.69) is 10.6 Å². The van der Waals surface area contributed by atoms with Gasteiger partial charge < -0.3 is 20.3 Å². The molecule has 1 aromatic carbocycles. The third-order valence-corrected chi connectivity index (χ3v) is 4.84. The summed E-state index contributed by atoms with van der Waals surface area (Å²) in [6.07, 6.45) is 0.398. The summed E-state index contributed by atoms with van der Waals surface area (Å²) < 4.78 is 5.69. The van der Waals surface area contributed by atoms with Crippen molar-refractivity contribution in [2.75, 3.05) is 18.4 Å². The zero-order valence-electron chi connectivity index (χ0n) is 18.2. The summed E-state index contributed by atoms with van der Waals surface area (Å²) in [6.45, 7) is 12.2. The molecule has 1 fully saturated rings. The molecule has 7 nitrogen and oxygen atoms in total. The van der Waals surface area contributed by atoms with Crippen LogP contribution in [0.2, 0.25) is 0 Å². The van der Waals surface area contributed by atoms with Crippen LogP contribution < -0.4 is 10.6 Å². The van der Waals surface area contributed by atoms with Crippen molar-refractivity contribution in [3.63, 3.8) is 0 Å². The molecule has 1 saturated heterocycles. The molecule has 0 aliphatic carbocycles. The van der Waals surface area contributed by atoms with E-state index in [0.717, 1.165) is 0 Å². The smallest absolute Gasteiger partial charge is 0.254 e. The predicted molar refractivity (Wildman–Crippen MR) is 113 cm³/mol. The average molecular weight is 404 g/mol. The summed E-state index contributed by atoms with van der Waals surface area (Å²) in [6, 6.07) is 6.19. The molecule has 1 heterocycles. The van der Waals surface area contributed by atoms with E-state index < -0.39 is 11.5 Å². The number of amides is 3. The van der Waals surface area contributed by atoms with Crippen molar-refractivity contribution in [3.8, 4) is 0 Å². The second kappa shape index (κ2) is 9.39. The first-order valence-corrected chi connectivity index (χ1v) is 10.2. The van der Waals surface area contributed by atoms with E-state index in [0.29, 0.717) is 30.8 Å². The molecule has 29 heavy (non-hydrogen) atoms. The van der Waals surface area contributed by atoms with Gasteiger partial charge in [-0.3, -0.25) is 14.4 Å². The molecule has 0 radical (unpaired) electrons. The summed E-state index contributed by atoms with van der Waals surface area (Å²) in [5.41, 5.74) is 0.177. The lowest BCUT2D eigenvalue weighted by atomic mass is 9.95. The minimum Gasteiger partial charge on any atom is -0.372 e.